The molecule has 0 unspecified atom stereocenters. The highest BCUT2D eigenvalue weighted by Crippen LogP contribution is 2.20. The quantitative estimate of drug-likeness (QED) is 0.253. The maximum atomic E-state index is 11.9. The van der Waals surface area contributed by atoms with Crippen LogP contribution in [0.1, 0.15) is 24.5 Å². The number of nitrogens with zero attached hydrogens (tertiary/aromatic N) is 2. The molecule has 7 heteroatoms. The monoisotopic (exact) mass is 448 g/mol. The van der Waals surface area contributed by atoms with Crippen molar-refractivity contribution in [3.8, 4) is 0 Å². The van der Waals surface area contributed by atoms with Crippen LogP contribution in [0.25, 0.3) is 0 Å². The minimum atomic E-state index is -0.235. The first-order valence-corrected chi connectivity index (χ1v) is 10.2. The Morgan fingerprint density at radius 2 is 1.87 bits per heavy atom. The van der Waals surface area contributed by atoms with Crippen LogP contribution in [0, 0.1) is 0 Å². The first-order chi connectivity index (χ1) is 14.2. The van der Waals surface area contributed by atoms with Gasteiger partial charge in [0.2, 0.25) is 0 Å². The maximum absolute atomic E-state index is 11.9. The van der Waals surface area contributed by atoms with E-state index in [0.717, 1.165) is 24.1 Å². The summed E-state index contributed by atoms with van der Waals surface area (Å²) in [6.45, 7) is 4.74. The third kappa shape index (κ3) is 6.59. The van der Waals surface area contributed by atoms with Gasteiger partial charge < -0.3 is 9.57 Å². The van der Waals surface area contributed by atoms with E-state index >= 15 is 0 Å². The topological polar surface area (TPSA) is 51.1 Å². The number of carbonyl (C=O) groups excluding carboxylic acids is 1. The fraction of sp³-hybridized carbons (Fsp3) is 0.304. The molecule has 2 aromatic rings. The number of rotatable bonds is 8. The van der Waals surface area contributed by atoms with E-state index in [4.69, 9.17) is 21.2 Å². The number of halogens is 2. The van der Waals surface area contributed by atoms with Crippen molar-refractivity contribution in [2.24, 2.45) is 5.16 Å². The van der Waals surface area contributed by atoms with Crippen LogP contribution in [0.15, 0.2) is 71.4 Å². The number of oxime groups is 1. The second-order valence-corrected chi connectivity index (χ2v) is 7.04. The van der Waals surface area contributed by atoms with Crippen LogP contribution in [-0.2, 0) is 14.4 Å². The Balaban J connectivity index is 0.00000320. The first kappa shape index (κ1) is 23.9. The summed E-state index contributed by atoms with van der Waals surface area (Å²) in [6.07, 6.45) is 2.78. The molecule has 0 saturated carbocycles. The normalized spacial score (nSPS) is 14.5. The predicted molar refractivity (Wildman–Crippen MR) is 123 cm³/mol. The van der Waals surface area contributed by atoms with Gasteiger partial charge >= 0.3 is 5.97 Å². The standard InChI is InChI=1S/C23H25ClN2O3.ClH/c1-2-28-23(27)19-11-8-14-26(17-19)15-16-29-25-22(18-9-4-3-5-10-18)20-12-6-7-13-21(20)24;/h3-7,9-13H,2,8,14-17H2,1H3;1H/b25-22+;. The molecular weight excluding hydrogens is 423 g/mol. The van der Waals surface area contributed by atoms with Crippen molar-refractivity contribution in [3.05, 3.63) is 82.4 Å². The van der Waals surface area contributed by atoms with Crippen LogP contribution >= 0.6 is 24.0 Å². The van der Waals surface area contributed by atoms with Crippen LogP contribution in [0.2, 0.25) is 5.02 Å². The van der Waals surface area contributed by atoms with Crippen LogP contribution in [0.4, 0.5) is 0 Å². The Bertz CT molecular complexity index is 885. The molecule has 5 nitrogen and oxygen atoms in total. The lowest BCUT2D eigenvalue weighted by molar-refractivity contribution is -0.139. The summed E-state index contributed by atoms with van der Waals surface area (Å²) in [5, 5.41) is 5.02. The van der Waals surface area contributed by atoms with Gasteiger partial charge in [-0.15, -0.1) is 12.4 Å². The molecule has 3 rings (SSSR count). The molecule has 0 N–H and O–H groups in total. The van der Waals surface area contributed by atoms with Gasteiger partial charge in [0.05, 0.1) is 11.6 Å². The third-order valence-electron chi connectivity index (χ3n) is 4.60. The van der Waals surface area contributed by atoms with Crippen molar-refractivity contribution in [1.82, 2.24) is 4.90 Å². The number of ether oxygens (including phenoxy) is 1. The summed E-state index contributed by atoms with van der Waals surface area (Å²) in [5.74, 6) is -0.235. The molecule has 2 aromatic carbocycles. The molecule has 0 fully saturated rings. The van der Waals surface area contributed by atoms with Crippen LogP contribution in [-0.4, -0.2) is 49.4 Å². The number of esters is 1. The molecule has 0 aliphatic carbocycles. The maximum Gasteiger partial charge on any atom is 0.334 e. The molecule has 1 aliphatic heterocycles. The molecule has 0 saturated heterocycles. The van der Waals surface area contributed by atoms with Gasteiger partial charge in [-0.3, -0.25) is 4.90 Å². The fourth-order valence-corrected chi connectivity index (χ4v) is 3.38. The molecule has 0 bridgehead atoms. The van der Waals surface area contributed by atoms with Crippen molar-refractivity contribution in [3.63, 3.8) is 0 Å². The van der Waals surface area contributed by atoms with Gasteiger partial charge in [-0.1, -0.05) is 71.4 Å². The SMILES string of the molecule is CCOC(=O)C1=CCCN(CCO/N=C(\c2ccccc2)c2ccccc2Cl)C1.Cl. The zero-order chi connectivity index (χ0) is 20.5. The molecule has 0 atom stereocenters. The van der Waals surface area contributed by atoms with Crippen molar-refractivity contribution in [1.29, 1.82) is 0 Å². The van der Waals surface area contributed by atoms with Gasteiger partial charge in [0.1, 0.15) is 12.3 Å². The van der Waals surface area contributed by atoms with E-state index in [-0.39, 0.29) is 18.4 Å². The Labute approximate surface area is 188 Å². The fourth-order valence-electron chi connectivity index (χ4n) is 3.16. The summed E-state index contributed by atoms with van der Waals surface area (Å²) in [7, 11) is 0. The number of benzene rings is 2. The highest BCUT2D eigenvalue weighted by Gasteiger charge is 2.19. The molecule has 0 aromatic heterocycles. The van der Waals surface area contributed by atoms with E-state index in [0.29, 0.717) is 42.6 Å². The van der Waals surface area contributed by atoms with E-state index in [1.165, 1.54) is 0 Å². The van der Waals surface area contributed by atoms with Crippen molar-refractivity contribution < 1.29 is 14.4 Å². The van der Waals surface area contributed by atoms with E-state index in [1.807, 2.05) is 67.6 Å². The Morgan fingerprint density at radius 1 is 1.13 bits per heavy atom. The summed E-state index contributed by atoms with van der Waals surface area (Å²) < 4.78 is 5.10. The summed E-state index contributed by atoms with van der Waals surface area (Å²) in [5.41, 5.74) is 3.17. The zero-order valence-corrected chi connectivity index (χ0v) is 18.5. The molecule has 30 heavy (non-hydrogen) atoms. The van der Waals surface area contributed by atoms with E-state index < -0.39 is 0 Å². The molecule has 160 valence electrons. The first-order valence-electron chi connectivity index (χ1n) is 9.78. The number of hydrogen-bond donors (Lipinski definition) is 0. The van der Waals surface area contributed by atoms with Gasteiger partial charge in [-0.05, 0) is 19.4 Å². The molecule has 0 radical (unpaired) electrons. The molecular formula is C23H26Cl2N2O3. The smallest absolute Gasteiger partial charge is 0.334 e. The lowest BCUT2D eigenvalue weighted by atomic mass is 10.0. The average Bonchev–Trinajstić information content (AvgIpc) is 2.76. The Morgan fingerprint density at radius 3 is 2.60 bits per heavy atom. The molecule has 0 spiro atoms. The van der Waals surface area contributed by atoms with E-state index in [9.17, 15) is 4.79 Å². The van der Waals surface area contributed by atoms with Crippen LogP contribution in [0.3, 0.4) is 0 Å². The lowest BCUT2D eigenvalue weighted by Crippen LogP contribution is -2.35. The summed E-state index contributed by atoms with van der Waals surface area (Å²) in [6, 6.07) is 17.4. The van der Waals surface area contributed by atoms with Crippen molar-refractivity contribution in [2.75, 3.05) is 32.8 Å². The van der Waals surface area contributed by atoms with Gasteiger partial charge in [0.15, 0.2) is 0 Å². The minimum absolute atomic E-state index is 0. The highest BCUT2D eigenvalue weighted by molar-refractivity contribution is 6.35. The number of carbonyl (C=O) groups is 1. The van der Waals surface area contributed by atoms with Crippen molar-refractivity contribution in [2.45, 2.75) is 13.3 Å². The van der Waals surface area contributed by atoms with Crippen molar-refractivity contribution >= 4 is 35.7 Å². The molecule has 0 amide bonds. The Kier molecular flexibility index (Phi) is 9.87. The predicted octanol–water partition coefficient (Wildman–Crippen LogP) is 4.73. The number of hydrogen-bond acceptors (Lipinski definition) is 5. The Hall–Kier alpha value is -2.34. The minimum Gasteiger partial charge on any atom is -0.463 e. The highest BCUT2D eigenvalue weighted by atomic mass is 35.5. The largest absolute Gasteiger partial charge is 0.463 e. The summed E-state index contributed by atoms with van der Waals surface area (Å²) >= 11 is 6.38. The second kappa shape index (κ2) is 12.4. The van der Waals surface area contributed by atoms with Gasteiger partial charge in [0.25, 0.3) is 0 Å². The van der Waals surface area contributed by atoms with Gasteiger partial charge in [-0.25, -0.2) is 4.79 Å². The van der Waals surface area contributed by atoms with Crippen LogP contribution < -0.4 is 0 Å². The van der Waals surface area contributed by atoms with Crippen LogP contribution in [0.5, 0.6) is 0 Å². The zero-order valence-electron chi connectivity index (χ0n) is 16.9. The lowest BCUT2D eigenvalue weighted by Gasteiger charge is -2.25. The molecule has 1 aliphatic rings. The van der Waals surface area contributed by atoms with Gasteiger partial charge in [0, 0.05) is 36.3 Å². The van der Waals surface area contributed by atoms with Gasteiger partial charge in [-0.2, -0.15) is 0 Å². The molecule has 1 heterocycles. The van der Waals surface area contributed by atoms with E-state index in [2.05, 4.69) is 10.1 Å². The third-order valence-corrected chi connectivity index (χ3v) is 4.93. The summed E-state index contributed by atoms with van der Waals surface area (Å²) in [4.78, 5) is 19.7. The van der Waals surface area contributed by atoms with E-state index in [1.54, 1.807) is 0 Å². The second-order valence-electron chi connectivity index (χ2n) is 6.63. The average molecular weight is 449 g/mol.